The quantitative estimate of drug-likeness (QED) is 0.506. The van der Waals surface area contributed by atoms with E-state index in [1.165, 1.54) is 0 Å². The van der Waals surface area contributed by atoms with E-state index in [4.69, 9.17) is 4.74 Å². The number of nitrogens with zero attached hydrogens (tertiary/aromatic N) is 2. The van der Waals surface area contributed by atoms with Crippen LogP contribution in [0.4, 0.5) is 0 Å². The Morgan fingerprint density at radius 3 is 1.92 bits per heavy atom. The Labute approximate surface area is 145 Å². The van der Waals surface area contributed by atoms with Gasteiger partial charge in [0.25, 0.3) is 23.6 Å². The lowest BCUT2D eigenvalue weighted by atomic mass is 10.1. The summed E-state index contributed by atoms with van der Waals surface area (Å²) >= 11 is 0. The van der Waals surface area contributed by atoms with Gasteiger partial charge < -0.3 is 4.74 Å². The van der Waals surface area contributed by atoms with Crippen molar-refractivity contribution in [3.05, 3.63) is 24.3 Å². The van der Waals surface area contributed by atoms with Gasteiger partial charge >= 0.3 is 5.97 Å². The first-order chi connectivity index (χ1) is 11.6. The third-order valence-corrected chi connectivity index (χ3v) is 3.60. The van der Waals surface area contributed by atoms with Crippen LogP contribution in [0.15, 0.2) is 24.3 Å². The summed E-state index contributed by atoms with van der Waals surface area (Å²) in [4.78, 5) is 61.2. The Hall–Kier alpha value is -2.77. The van der Waals surface area contributed by atoms with Crippen LogP contribution in [0.25, 0.3) is 0 Å². The Bertz CT molecular complexity index is 650. The first-order valence-corrected chi connectivity index (χ1v) is 7.89. The van der Waals surface area contributed by atoms with Gasteiger partial charge in [-0.3, -0.25) is 33.8 Å². The minimum Gasteiger partial charge on any atom is -0.460 e. The van der Waals surface area contributed by atoms with Gasteiger partial charge in [-0.1, -0.05) is 0 Å². The molecular formula is C17H20N2O6. The molecule has 2 aliphatic heterocycles. The van der Waals surface area contributed by atoms with Gasteiger partial charge in [-0.2, -0.15) is 0 Å². The molecule has 0 bridgehead atoms. The van der Waals surface area contributed by atoms with Crippen molar-refractivity contribution in [3.63, 3.8) is 0 Å². The highest BCUT2D eigenvalue weighted by molar-refractivity contribution is 6.14. The van der Waals surface area contributed by atoms with E-state index in [1.54, 1.807) is 20.8 Å². The van der Waals surface area contributed by atoms with E-state index >= 15 is 0 Å². The summed E-state index contributed by atoms with van der Waals surface area (Å²) in [6.45, 7) is 5.03. The molecule has 4 amide bonds. The standard InChI is InChI=1S/C17H20N2O6/c1-17(2,3)25-16(24)9-4-11(19-14(22)7-8-15(19)23)10-18-12(20)5-6-13(18)21/h5-8,11H,4,9-10H2,1-3H3. The molecule has 0 aromatic carbocycles. The molecule has 2 aliphatic rings. The average Bonchev–Trinajstić information content (AvgIpc) is 2.97. The van der Waals surface area contributed by atoms with Crippen LogP contribution in [0, 0.1) is 0 Å². The molecule has 134 valence electrons. The second-order valence-corrected chi connectivity index (χ2v) is 6.78. The zero-order chi connectivity index (χ0) is 18.8. The second kappa shape index (κ2) is 7.00. The van der Waals surface area contributed by atoms with Crippen molar-refractivity contribution in [3.8, 4) is 0 Å². The molecule has 25 heavy (non-hydrogen) atoms. The minimum absolute atomic E-state index is 0.0529. The van der Waals surface area contributed by atoms with Gasteiger partial charge in [0.05, 0.1) is 12.6 Å². The highest BCUT2D eigenvalue weighted by Gasteiger charge is 2.36. The molecule has 0 aliphatic carbocycles. The normalized spacial score (nSPS) is 18.5. The first-order valence-electron chi connectivity index (χ1n) is 7.89. The van der Waals surface area contributed by atoms with E-state index in [-0.39, 0.29) is 19.4 Å². The Morgan fingerprint density at radius 1 is 0.960 bits per heavy atom. The lowest BCUT2D eigenvalue weighted by Gasteiger charge is -2.29. The third kappa shape index (κ3) is 4.62. The first kappa shape index (κ1) is 18.6. The summed E-state index contributed by atoms with van der Waals surface area (Å²) in [6.07, 6.45) is 4.52. The second-order valence-electron chi connectivity index (χ2n) is 6.78. The van der Waals surface area contributed by atoms with Gasteiger partial charge in [0.15, 0.2) is 0 Å². The molecule has 0 fully saturated rings. The van der Waals surface area contributed by atoms with E-state index in [2.05, 4.69) is 0 Å². The molecule has 0 saturated carbocycles. The van der Waals surface area contributed by atoms with Gasteiger partial charge in [-0.05, 0) is 27.2 Å². The van der Waals surface area contributed by atoms with Gasteiger partial charge in [-0.15, -0.1) is 0 Å². The van der Waals surface area contributed by atoms with Crippen LogP contribution in [-0.2, 0) is 28.7 Å². The van der Waals surface area contributed by atoms with Gasteiger partial charge in [0.2, 0.25) is 0 Å². The van der Waals surface area contributed by atoms with Crippen LogP contribution in [0.2, 0.25) is 0 Å². The number of amides is 4. The Morgan fingerprint density at radius 2 is 1.44 bits per heavy atom. The van der Waals surface area contributed by atoms with E-state index in [9.17, 15) is 24.0 Å². The van der Waals surface area contributed by atoms with Crippen molar-refractivity contribution in [2.45, 2.75) is 45.3 Å². The van der Waals surface area contributed by atoms with Crippen molar-refractivity contribution in [1.29, 1.82) is 0 Å². The predicted octanol–water partition coefficient (Wildman–Crippen LogP) is 0.327. The van der Waals surface area contributed by atoms with Crippen molar-refractivity contribution in [1.82, 2.24) is 9.80 Å². The molecule has 1 unspecified atom stereocenters. The van der Waals surface area contributed by atoms with Crippen LogP contribution in [0.5, 0.6) is 0 Å². The highest BCUT2D eigenvalue weighted by atomic mass is 16.6. The summed E-state index contributed by atoms with van der Waals surface area (Å²) in [5, 5.41) is 0. The molecule has 0 spiro atoms. The third-order valence-electron chi connectivity index (χ3n) is 3.60. The lowest BCUT2D eigenvalue weighted by Crippen LogP contribution is -2.48. The predicted molar refractivity (Wildman–Crippen MR) is 85.7 cm³/mol. The van der Waals surface area contributed by atoms with Crippen LogP contribution in [0.1, 0.15) is 33.6 Å². The average molecular weight is 348 g/mol. The van der Waals surface area contributed by atoms with Crippen molar-refractivity contribution in [2.75, 3.05) is 6.54 Å². The molecule has 1 atom stereocenters. The van der Waals surface area contributed by atoms with Gasteiger partial charge in [0.1, 0.15) is 5.60 Å². The summed E-state index contributed by atoms with van der Waals surface area (Å²) in [5.74, 6) is -2.59. The number of hydrogen-bond acceptors (Lipinski definition) is 6. The van der Waals surface area contributed by atoms with E-state index in [0.717, 1.165) is 34.1 Å². The molecule has 8 nitrogen and oxygen atoms in total. The van der Waals surface area contributed by atoms with Crippen LogP contribution < -0.4 is 0 Å². The lowest BCUT2D eigenvalue weighted by molar-refractivity contribution is -0.156. The van der Waals surface area contributed by atoms with Crippen molar-refractivity contribution in [2.24, 2.45) is 0 Å². The van der Waals surface area contributed by atoms with Crippen molar-refractivity contribution >= 4 is 29.6 Å². The summed E-state index contributed by atoms with van der Waals surface area (Å²) in [5.41, 5.74) is -0.655. The maximum absolute atomic E-state index is 11.9. The summed E-state index contributed by atoms with van der Waals surface area (Å²) < 4.78 is 5.21. The van der Waals surface area contributed by atoms with Crippen LogP contribution in [-0.4, -0.2) is 57.6 Å². The maximum atomic E-state index is 11.9. The topological polar surface area (TPSA) is 101 Å². The molecule has 0 aromatic rings. The molecule has 0 aromatic heterocycles. The zero-order valence-corrected chi connectivity index (χ0v) is 14.4. The van der Waals surface area contributed by atoms with Crippen molar-refractivity contribution < 1.29 is 28.7 Å². The summed E-state index contributed by atoms with van der Waals surface area (Å²) in [6, 6.07) is -0.796. The minimum atomic E-state index is -0.796. The monoisotopic (exact) mass is 348 g/mol. The molecular weight excluding hydrogens is 328 g/mol. The van der Waals surface area contributed by atoms with Crippen LogP contribution >= 0.6 is 0 Å². The van der Waals surface area contributed by atoms with E-state index in [1.807, 2.05) is 0 Å². The molecule has 0 saturated heterocycles. The number of esters is 1. The van der Waals surface area contributed by atoms with Gasteiger partial charge in [-0.25, -0.2) is 0 Å². The number of carbonyl (C=O) groups excluding carboxylic acids is 5. The number of carbonyl (C=O) groups is 5. The molecule has 0 radical (unpaired) electrons. The fourth-order valence-corrected chi connectivity index (χ4v) is 2.57. The van der Waals surface area contributed by atoms with E-state index < -0.39 is 41.2 Å². The number of rotatable bonds is 6. The SMILES string of the molecule is CC(C)(C)OC(=O)CCC(CN1C(=O)C=CC1=O)N1C(=O)C=CC1=O. The summed E-state index contributed by atoms with van der Waals surface area (Å²) in [7, 11) is 0. The largest absolute Gasteiger partial charge is 0.460 e. The Kier molecular flexibility index (Phi) is 5.20. The van der Waals surface area contributed by atoms with Crippen LogP contribution in [0.3, 0.4) is 0 Å². The zero-order valence-electron chi connectivity index (χ0n) is 14.4. The van der Waals surface area contributed by atoms with Gasteiger partial charge in [0, 0.05) is 30.7 Å². The smallest absolute Gasteiger partial charge is 0.306 e. The highest BCUT2D eigenvalue weighted by Crippen LogP contribution is 2.18. The fourth-order valence-electron chi connectivity index (χ4n) is 2.57. The fraction of sp³-hybridized carbons (Fsp3) is 0.471. The molecule has 2 rings (SSSR count). The molecule has 0 N–H and O–H groups in total. The Balaban J connectivity index is 2.09. The molecule has 8 heteroatoms. The number of hydrogen-bond donors (Lipinski definition) is 0. The number of ether oxygens (including phenoxy) is 1. The number of imide groups is 2. The van der Waals surface area contributed by atoms with E-state index in [0.29, 0.717) is 0 Å². The molecule has 2 heterocycles. The maximum Gasteiger partial charge on any atom is 0.306 e.